The third-order valence-electron chi connectivity index (χ3n) is 4.36. The Morgan fingerprint density at radius 2 is 1.91 bits per heavy atom. The quantitative estimate of drug-likeness (QED) is 0.772. The van der Waals surface area contributed by atoms with Gasteiger partial charge in [0.15, 0.2) is 0 Å². The van der Waals surface area contributed by atoms with Crippen LogP contribution >= 0.6 is 0 Å². The second-order valence-electron chi connectivity index (χ2n) is 6.42. The number of hydrogen-bond donors (Lipinski definition) is 2. The zero-order chi connectivity index (χ0) is 16.2. The maximum Gasteiger partial charge on any atom is 0.251 e. The van der Waals surface area contributed by atoms with Gasteiger partial charge in [0.25, 0.3) is 5.91 Å². The van der Waals surface area contributed by atoms with E-state index in [4.69, 9.17) is 4.42 Å². The highest BCUT2D eigenvalue weighted by Gasteiger charge is 2.36. The molecule has 3 rings (SSSR count). The van der Waals surface area contributed by atoms with Gasteiger partial charge in [-0.1, -0.05) is 24.6 Å². The Hall–Kier alpha value is -2.07. The molecule has 2 unspecified atom stereocenters. The maximum atomic E-state index is 11.9. The van der Waals surface area contributed by atoms with Crippen LogP contribution in [0.5, 0.6) is 0 Å². The van der Waals surface area contributed by atoms with Crippen LogP contribution in [0, 0.1) is 12.8 Å². The smallest absolute Gasteiger partial charge is 0.251 e. The molecule has 0 aliphatic heterocycles. The van der Waals surface area contributed by atoms with E-state index in [0.29, 0.717) is 31.1 Å². The zero-order valence-electron chi connectivity index (χ0n) is 13.8. The molecule has 2 atom stereocenters. The lowest BCUT2D eigenvalue weighted by atomic mass is 10.1. The number of aryl methyl sites for hydroxylation is 1. The van der Waals surface area contributed by atoms with Gasteiger partial charge in [0.1, 0.15) is 11.5 Å². The maximum absolute atomic E-state index is 11.9. The highest BCUT2D eigenvalue weighted by atomic mass is 16.3. The Bertz CT molecular complexity index is 660. The SMILES string of the molecule is Cc1ccc(C(=O)NCCNCc2ccc(C3CC3C)o2)cc1. The standard InChI is InChI=1S/C19H24N2O2/c1-13-3-5-15(6-4-13)19(22)21-10-9-20-12-16-7-8-18(23-16)17-11-14(17)2/h3-8,14,17,20H,9-12H2,1-2H3,(H,21,22). The topological polar surface area (TPSA) is 54.3 Å². The molecule has 0 radical (unpaired) electrons. The second-order valence-corrected chi connectivity index (χ2v) is 6.42. The molecule has 1 fully saturated rings. The van der Waals surface area contributed by atoms with Crippen LogP contribution in [0.1, 0.15) is 46.7 Å². The first-order valence-electron chi connectivity index (χ1n) is 8.27. The molecule has 0 spiro atoms. The molecule has 2 N–H and O–H groups in total. The van der Waals surface area contributed by atoms with Crippen molar-refractivity contribution in [1.29, 1.82) is 0 Å². The number of hydrogen-bond acceptors (Lipinski definition) is 3. The lowest BCUT2D eigenvalue weighted by Gasteiger charge is -2.06. The molecule has 0 saturated heterocycles. The number of benzene rings is 1. The summed E-state index contributed by atoms with van der Waals surface area (Å²) in [6.45, 7) is 6.27. The summed E-state index contributed by atoms with van der Waals surface area (Å²) >= 11 is 0. The van der Waals surface area contributed by atoms with Crippen molar-refractivity contribution in [2.24, 2.45) is 5.92 Å². The van der Waals surface area contributed by atoms with Crippen molar-refractivity contribution in [3.63, 3.8) is 0 Å². The number of carbonyl (C=O) groups is 1. The van der Waals surface area contributed by atoms with E-state index in [-0.39, 0.29) is 5.91 Å². The molecule has 23 heavy (non-hydrogen) atoms. The van der Waals surface area contributed by atoms with Crippen molar-refractivity contribution in [1.82, 2.24) is 10.6 Å². The van der Waals surface area contributed by atoms with E-state index >= 15 is 0 Å². The minimum atomic E-state index is -0.0326. The Labute approximate surface area is 137 Å². The summed E-state index contributed by atoms with van der Waals surface area (Å²) in [4.78, 5) is 11.9. The molecule has 0 bridgehead atoms. The van der Waals surface area contributed by atoms with Crippen LogP contribution in [-0.4, -0.2) is 19.0 Å². The molecular weight excluding hydrogens is 288 g/mol. The molecule has 1 aromatic carbocycles. The lowest BCUT2D eigenvalue weighted by molar-refractivity contribution is 0.0954. The van der Waals surface area contributed by atoms with Gasteiger partial charge in [-0.3, -0.25) is 4.79 Å². The molecule has 122 valence electrons. The van der Waals surface area contributed by atoms with Crippen molar-refractivity contribution in [2.45, 2.75) is 32.7 Å². The first kappa shape index (κ1) is 15.8. The number of amides is 1. The van der Waals surface area contributed by atoms with E-state index in [1.165, 1.54) is 6.42 Å². The molecule has 2 aromatic rings. The van der Waals surface area contributed by atoms with Gasteiger partial charge in [-0.2, -0.15) is 0 Å². The summed E-state index contributed by atoms with van der Waals surface area (Å²) < 4.78 is 5.84. The summed E-state index contributed by atoms with van der Waals surface area (Å²) in [5.41, 5.74) is 1.85. The fourth-order valence-electron chi connectivity index (χ4n) is 2.69. The fourth-order valence-corrected chi connectivity index (χ4v) is 2.69. The predicted octanol–water partition coefficient (Wildman–Crippen LogP) is 3.23. The number of carbonyl (C=O) groups excluding carboxylic acids is 1. The van der Waals surface area contributed by atoms with Gasteiger partial charge in [0.05, 0.1) is 6.54 Å². The second kappa shape index (κ2) is 7.01. The number of furan rings is 1. The zero-order valence-corrected chi connectivity index (χ0v) is 13.8. The van der Waals surface area contributed by atoms with Crippen molar-refractivity contribution >= 4 is 5.91 Å². The minimum absolute atomic E-state index is 0.0326. The van der Waals surface area contributed by atoms with Crippen LogP contribution < -0.4 is 10.6 Å². The van der Waals surface area contributed by atoms with Gasteiger partial charge in [-0.15, -0.1) is 0 Å². The molecule has 1 aromatic heterocycles. The van der Waals surface area contributed by atoms with Crippen LogP contribution in [0.25, 0.3) is 0 Å². The summed E-state index contributed by atoms with van der Waals surface area (Å²) in [6, 6.07) is 11.7. The number of nitrogens with one attached hydrogen (secondary N) is 2. The molecule has 4 nitrogen and oxygen atoms in total. The highest BCUT2D eigenvalue weighted by molar-refractivity contribution is 5.94. The molecule has 1 heterocycles. The van der Waals surface area contributed by atoms with Crippen LogP contribution in [0.3, 0.4) is 0 Å². The van der Waals surface area contributed by atoms with Crippen LogP contribution in [-0.2, 0) is 6.54 Å². The lowest BCUT2D eigenvalue weighted by Crippen LogP contribution is -2.31. The van der Waals surface area contributed by atoms with Crippen LogP contribution in [0.15, 0.2) is 40.8 Å². The average molecular weight is 312 g/mol. The monoisotopic (exact) mass is 312 g/mol. The van der Waals surface area contributed by atoms with E-state index in [1.54, 1.807) is 0 Å². The van der Waals surface area contributed by atoms with Crippen LogP contribution in [0.4, 0.5) is 0 Å². The molecule has 1 saturated carbocycles. The summed E-state index contributed by atoms with van der Waals surface area (Å²) in [6.07, 6.45) is 1.24. The van der Waals surface area contributed by atoms with Crippen LogP contribution in [0.2, 0.25) is 0 Å². The fraction of sp³-hybridized carbons (Fsp3) is 0.421. The Kier molecular flexibility index (Phi) is 4.82. The van der Waals surface area contributed by atoms with Crippen molar-refractivity contribution < 1.29 is 9.21 Å². The molecular formula is C19H24N2O2. The summed E-state index contributed by atoms with van der Waals surface area (Å²) in [7, 11) is 0. The van der Waals surface area contributed by atoms with Gasteiger partial charge < -0.3 is 15.1 Å². The van der Waals surface area contributed by atoms with E-state index in [9.17, 15) is 4.79 Å². The third-order valence-corrected chi connectivity index (χ3v) is 4.36. The van der Waals surface area contributed by atoms with Gasteiger partial charge in [-0.25, -0.2) is 0 Å². The summed E-state index contributed by atoms with van der Waals surface area (Å²) in [5, 5.41) is 6.20. The molecule has 1 amide bonds. The first-order valence-corrected chi connectivity index (χ1v) is 8.27. The Morgan fingerprint density at radius 3 is 2.61 bits per heavy atom. The number of rotatable bonds is 7. The largest absolute Gasteiger partial charge is 0.464 e. The third kappa shape index (κ3) is 4.23. The van der Waals surface area contributed by atoms with Gasteiger partial charge in [-0.05, 0) is 43.5 Å². The Balaban J connectivity index is 1.34. The van der Waals surface area contributed by atoms with Gasteiger partial charge >= 0.3 is 0 Å². The Morgan fingerprint density at radius 1 is 1.17 bits per heavy atom. The van der Waals surface area contributed by atoms with Gasteiger partial charge in [0.2, 0.25) is 0 Å². The normalized spacial score (nSPS) is 19.6. The average Bonchev–Trinajstić information content (AvgIpc) is 3.09. The predicted molar refractivity (Wildman–Crippen MR) is 90.4 cm³/mol. The van der Waals surface area contributed by atoms with Crippen molar-refractivity contribution in [2.75, 3.05) is 13.1 Å². The van der Waals surface area contributed by atoms with E-state index in [0.717, 1.165) is 23.0 Å². The van der Waals surface area contributed by atoms with E-state index in [2.05, 4.69) is 23.6 Å². The molecule has 1 aliphatic carbocycles. The molecule has 1 aliphatic rings. The van der Waals surface area contributed by atoms with Crippen molar-refractivity contribution in [3.8, 4) is 0 Å². The summed E-state index contributed by atoms with van der Waals surface area (Å²) in [5.74, 6) is 3.43. The van der Waals surface area contributed by atoms with Crippen molar-refractivity contribution in [3.05, 3.63) is 59.0 Å². The minimum Gasteiger partial charge on any atom is -0.464 e. The highest BCUT2D eigenvalue weighted by Crippen LogP contribution is 2.47. The van der Waals surface area contributed by atoms with E-state index in [1.807, 2.05) is 37.3 Å². The van der Waals surface area contributed by atoms with Gasteiger partial charge in [0, 0.05) is 24.6 Å². The first-order chi connectivity index (χ1) is 11.1. The van der Waals surface area contributed by atoms with E-state index < -0.39 is 0 Å². The molecule has 4 heteroatoms.